The van der Waals surface area contributed by atoms with Gasteiger partial charge in [-0.2, -0.15) is 0 Å². The maximum atomic E-state index is 13.2. The third-order valence-corrected chi connectivity index (χ3v) is 7.07. The quantitative estimate of drug-likeness (QED) is 0.622. The number of likely N-dealkylation sites (tertiary alicyclic amines) is 1. The van der Waals surface area contributed by atoms with Crippen LogP contribution in [0.4, 0.5) is 4.79 Å². The first-order chi connectivity index (χ1) is 15.8. The molecule has 2 bridgehead atoms. The van der Waals surface area contributed by atoms with Gasteiger partial charge in [-0.05, 0) is 55.9 Å². The van der Waals surface area contributed by atoms with Gasteiger partial charge >= 0.3 is 6.09 Å². The number of nitrogens with zero attached hydrogens (tertiary/aromatic N) is 3. The van der Waals surface area contributed by atoms with Gasteiger partial charge in [-0.25, -0.2) is 9.78 Å². The van der Waals surface area contributed by atoms with Crippen molar-refractivity contribution in [3.63, 3.8) is 0 Å². The number of hydrogen-bond donors (Lipinski definition) is 2. The standard InChI is InChI=1S/C25H28N4O4/c1-25(2,27-22(30)21-16-11-17(21)14-28(13-16)24(31)32)23-26-12-20-19(5-4-10-29(20)23)15-6-8-18(33-3)9-7-15/h4-10,12,16-17,21H,11,13-14H2,1-3H3,(H,27,30)(H,31,32)/t16-,17+,21?. The van der Waals surface area contributed by atoms with Crippen LogP contribution in [0.25, 0.3) is 16.6 Å². The average molecular weight is 449 g/mol. The molecule has 1 saturated carbocycles. The highest BCUT2D eigenvalue weighted by atomic mass is 16.5. The summed E-state index contributed by atoms with van der Waals surface area (Å²) in [6.07, 6.45) is 3.81. The molecule has 3 heterocycles. The summed E-state index contributed by atoms with van der Waals surface area (Å²) in [6.45, 7) is 4.78. The molecule has 1 saturated heterocycles. The minimum absolute atomic E-state index is 0.0191. The Morgan fingerprint density at radius 1 is 1.15 bits per heavy atom. The van der Waals surface area contributed by atoms with Crippen molar-refractivity contribution >= 4 is 17.5 Å². The second kappa shape index (κ2) is 7.79. The predicted molar refractivity (Wildman–Crippen MR) is 123 cm³/mol. The highest BCUT2D eigenvalue weighted by Crippen LogP contribution is 2.46. The highest BCUT2D eigenvalue weighted by molar-refractivity contribution is 5.83. The SMILES string of the molecule is COc1ccc(-c2cccn3c(C(C)(C)NC(=O)C4[C@@H]5C[C@H]4CN(C(=O)O)C5)ncc23)cc1. The molecule has 1 aromatic carbocycles. The lowest BCUT2D eigenvalue weighted by Crippen LogP contribution is -2.62. The number of imidazole rings is 1. The number of carboxylic acid groups (broad SMARTS) is 1. The monoisotopic (exact) mass is 448 g/mol. The molecule has 3 aromatic rings. The minimum Gasteiger partial charge on any atom is -0.497 e. The van der Waals surface area contributed by atoms with E-state index >= 15 is 0 Å². The third kappa shape index (κ3) is 3.59. The lowest BCUT2D eigenvalue weighted by molar-refractivity contribution is -0.142. The van der Waals surface area contributed by atoms with Gasteiger partial charge in [0.2, 0.25) is 5.91 Å². The number of hydrogen-bond acceptors (Lipinski definition) is 4. The molecule has 2 fully saturated rings. The summed E-state index contributed by atoms with van der Waals surface area (Å²) in [5.41, 5.74) is 2.36. The molecule has 5 rings (SSSR count). The lowest BCUT2D eigenvalue weighted by atomic mass is 9.61. The highest BCUT2D eigenvalue weighted by Gasteiger charge is 2.52. The molecule has 1 aliphatic heterocycles. The second-order valence-electron chi connectivity index (χ2n) is 9.57. The first kappa shape index (κ1) is 21.3. The maximum absolute atomic E-state index is 13.2. The summed E-state index contributed by atoms with van der Waals surface area (Å²) < 4.78 is 7.29. The zero-order chi connectivity index (χ0) is 23.3. The minimum atomic E-state index is -0.902. The van der Waals surface area contributed by atoms with Crippen molar-refractivity contribution in [3.8, 4) is 16.9 Å². The van der Waals surface area contributed by atoms with Crippen molar-refractivity contribution in [1.82, 2.24) is 19.6 Å². The van der Waals surface area contributed by atoms with Crippen LogP contribution in [0, 0.1) is 17.8 Å². The summed E-state index contributed by atoms with van der Waals surface area (Å²) in [5, 5.41) is 12.4. The zero-order valence-corrected chi connectivity index (χ0v) is 19.0. The number of carbonyl (C=O) groups is 2. The summed E-state index contributed by atoms with van der Waals surface area (Å²) in [5.74, 6) is 1.58. The largest absolute Gasteiger partial charge is 0.497 e. The average Bonchev–Trinajstić information content (AvgIpc) is 3.24. The summed E-state index contributed by atoms with van der Waals surface area (Å²) >= 11 is 0. The van der Waals surface area contributed by atoms with Gasteiger partial charge in [0.1, 0.15) is 11.6 Å². The van der Waals surface area contributed by atoms with E-state index in [0.29, 0.717) is 13.1 Å². The fraction of sp³-hybridized carbons (Fsp3) is 0.400. The van der Waals surface area contributed by atoms with Crippen LogP contribution < -0.4 is 10.1 Å². The van der Waals surface area contributed by atoms with Gasteiger partial charge in [0, 0.05) is 30.8 Å². The van der Waals surface area contributed by atoms with E-state index < -0.39 is 11.6 Å². The molecule has 33 heavy (non-hydrogen) atoms. The van der Waals surface area contributed by atoms with Gasteiger partial charge in [-0.1, -0.05) is 18.2 Å². The fourth-order valence-corrected chi connectivity index (χ4v) is 5.42. The number of carbonyl (C=O) groups excluding carboxylic acids is 1. The van der Waals surface area contributed by atoms with Gasteiger partial charge in [0.15, 0.2) is 0 Å². The number of ether oxygens (including phenoxy) is 1. The van der Waals surface area contributed by atoms with Crippen molar-refractivity contribution in [2.75, 3.05) is 20.2 Å². The van der Waals surface area contributed by atoms with Crippen LogP contribution in [0.2, 0.25) is 0 Å². The van der Waals surface area contributed by atoms with Crippen LogP contribution in [0.15, 0.2) is 48.8 Å². The van der Waals surface area contributed by atoms with Crippen molar-refractivity contribution < 1.29 is 19.4 Å². The normalized spacial score (nSPS) is 22.0. The lowest BCUT2D eigenvalue weighted by Gasteiger charge is -2.52. The Bertz CT molecular complexity index is 1200. The molecular weight excluding hydrogens is 420 g/mol. The predicted octanol–water partition coefficient (Wildman–Crippen LogP) is 3.61. The Morgan fingerprint density at radius 2 is 1.85 bits per heavy atom. The van der Waals surface area contributed by atoms with E-state index in [1.807, 2.05) is 61.0 Å². The number of pyridine rings is 1. The number of amides is 2. The summed E-state index contributed by atoms with van der Waals surface area (Å²) in [4.78, 5) is 30.6. The topological polar surface area (TPSA) is 96.2 Å². The molecule has 8 heteroatoms. The maximum Gasteiger partial charge on any atom is 0.407 e. The Kier molecular flexibility index (Phi) is 5.03. The zero-order valence-electron chi connectivity index (χ0n) is 19.0. The number of fused-ring (bicyclic) bond motifs is 3. The smallest absolute Gasteiger partial charge is 0.407 e. The number of benzene rings is 1. The van der Waals surface area contributed by atoms with Crippen molar-refractivity contribution in [1.29, 1.82) is 0 Å². The number of aromatic nitrogens is 2. The van der Waals surface area contributed by atoms with E-state index in [1.165, 1.54) is 4.90 Å². The molecule has 0 spiro atoms. The number of piperidine rings is 2. The van der Waals surface area contributed by atoms with E-state index in [1.54, 1.807) is 7.11 Å². The summed E-state index contributed by atoms with van der Waals surface area (Å²) in [7, 11) is 1.65. The molecule has 2 aliphatic rings. The van der Waals surface area contributed by atoms with Gasteiger partial charge in [0.05, 0.1) is 24.4 Å². The molecule has 1 unspecified atom stereocenters. The molecule has 2 N–H and O–H groups in total. The van der Waals surface area contributed by atoms with E-state index in [0.717, 1.165) is 34.6 Å². The second-order valence-corrected chi connectivity index (χ2v) is 9.57. The molecule has 2 amide bonds. The molecule has 0 radical (unpaired) electrons. The molecule has 1 aliphatic carbocycles. The molecule has 8 nitrogen and oxygen atoms in total. The Hall–Kier alpha value is -3.55. The van der Waals surface area contributed by atoms with E-state index in [-0.39, 0.29) is 23.7 Å². The first-order valence-electron chi connectivity index (χ1n) is 11.2. The first-order valence-corrected chi connectivity index (χ1v) is 11.2. The van der Waals surface area contributed by atoms with Gasteiger partial charge in [-0.3, -0.25) is 4.79 Å². The van der Waals surface area contributed by atoms with Crippen LogP contribution >= 0.6 is 0 Å². The van der Waals surface area contributed by atoms with E-state index in [4.69, 9.17) is 4.74 Å². The number of rotatable bonds is 5. The van der Waals surface area contributed by atoms with Crippen molar-refractivity contribution in [2.45, 2.75) is 25.8 Å². The summed E-state index contributed by atoms with van der Waals surface area (Å²) in [6, 6.07) is 11.9. The molecular formula is C25H28N4O4. The van der Waals surface area contributed by atoms with Crippen LogP contribution in [0.5, 0.6) is 5.75 Å². The molecule has 3 atom stereocenters. The van der Waals surface area contributed by atoms with Gasteiger partial charge < -0.3 is 24.5 Å². The molecule has 2 aromatic heterocycles. The van der Waals surface area contributed by atoms with Crippen molar-refractivity contribution in [3.05, 3.63) is 54.6 Å². The van der Waals surface area contributed by atoms with Crippen LogP contribution in [0.1, 0.15) is 26.1 Å². The fourth-order valence-electron chi connectivity index (χ4n) is 5.42. The van der Waals surface area contributed by atoms with Gasteiger partial charge in [0.25, 0.3) is 0 Å². The Balaban J connectivity index is 1.38. The van der Waals surface area contributed by atoms with Gasteiger partial charge in [-0.15, -0.1) is 0 Å². The van der Waals surface area contributed by atoms with Crippen LogP contribution in [0.3, 0.4) is 0 Å². The number of methoxy groups -OCH3 is 1. The van der Waals surface area contributed by atoms with E-state index in [2.05, 4.69) is 16.4 Å². The van der Waals surface area contributed by atoms with Crippen molar-refractivity contribution in [2.24, 2.45) is 17.8 Å². The van der Waals surface area contributed by atoms with Crippen LogP contribution in [-0.4, -0.2) is 51.6 Å². The van der Waals surface area contributed by atoms with Crippen LogP contribution in [-0.2, 0) is 10.3 Å². The Labute approximate surface area is 192 Å². The number of nitrogens with one attached hydrogen (secondary N) is 1. The Morgan fingerprint density at radius 3 is 2.48 bits per heavy atom. The molecule has 172 valence electrons. The van der Waals surface area contributed by atoms with E-state index in [9.17, 15) is 14.7 Å². The third-order valence-electron chi connectivity index (χ3n) is 7.07.